The zero-order valence-electron chi connectivity index (χ0n) is 66.6. The van der Waals surface area contributed by atoms with Gasteiger partial charge in [0.25, 0.3) is 0 Å². The minimum Gasteiger partial charge on any atom is -0.480 e. The summed E-state index contributed by atoms with van der Waals surface area (Å²) in [6, 6.07) is -4.89. The van der Waals surface area contributed by atoms with Crippen LogP contribution >= 0.6 is 7.60 Å². The molecule has 2 unspecified atom stereocenters. The first kappa shape index (κ1) is 98.3. The molecule has 0 bridgehead atoms. The third-order valence-electron chi connectivity index (χ3n) is 20.0. The van der Waals surface area contributed by atoms with Crippen LogP contribution in [0.1, 0.15) is 408 Å². The molecule has 1 heterocycles. The van der Waals surface area contributed by atoms with Gasteiger partial charge in [-0.3, -0.25) is 33.3 Å². The number of nitrogens with one attached hydrogen (secondary N) is 3. The van der Waals surface area contributed by atoms with Gasteiger partial charge in [0.15, 0.2) is 12.3 Å². The molecule has 0 aromatic heterocycles. The van der Waals surface area contributed by atoms with Gasteiger partial charge in [-0.05, 0) is 57.8 Å². The Hall–Kier alpha value is -3.72. The number of amides is 3. The van der Waals surface area contributed by atoms with Gasteiger partial charge in [0.05, 0.1) is 38.5 Å². The van der Waals surface area contributed by atoms with Crippen LogP contribution in [0.15, 0.2) is 0 Å². The molecule has 1 saturated heterocycles. The maximum absolute atomic E-state index is 14.9. The second-order valence-corrected chi connectivity index (χ2v) is 31.6. The normalized spacial score (nSPS) is 17.2. The van der Waals surface area contributed by atoms with Crippen LogP contribution in [-0.2, 0) is 66.5 Å². The summed E-state index contributed by atoms with van der Waals surface area (Å²) in [7, 11) is -4.98. The number of carboxylic acid groups (broad SMARTS) is 1. The Morgan fingerprint density at radius 2 is 0.663 bits per heavy atom. The van der Waals surface area contributed by atoms with Crippen molar-refractivity contribution < 1.29 is 86.5 Å². The van der Waals surface area contributed by atoms with Gasteiger partial charge in [-0.2, -0.15) is 0 Å². The number of esters is 3. The van der Waals surface area contributed by atoms with Crippen molar-refractivity contribution in [2.24, 2.45) is 0 Å². The zero-order valence-corrected chi connectivity index (χ0v) is 67.5. The number of aliphatic hydroxyl groups excluding tert-OH is 1. The fourth-order valence-electron chi connectivity index (χ4n) is 13.8. The van der Waals surface area contributed by atoms with E-state index in [4.69, 9.17) is 28.4 Å². The Balaban J connectivity index is 3.88. The third kappa shape index (κ3) is 55.6. The number of rotatable bonds is 74. The number of ether oxygens (including phenoxy) is 6. The molecule has 1 aliphatic rings. The number of unbranched alkanes of at least 4 members (excludes halogenated alkanes) is 42. The predicted molar refractivity (Wildman–Crippen MR) is 414 cm³/mol. The lowest BCUT2D eigenvalue weighted by Gasteiger charge is -2.46. The molecule has 0 aromatic rings. The fraction of sp³-hybridized carbons (Fsp3) is 0.915. The first-order valence-electron chi connectivity index (χ1n) is 42.6. The maximum atomic E-state index is 14.9. The molecule has 21 nitrogen and oxygen atoms in total. The lowest BCUT2D eigenvalue weighted by Crippen LogP contribution is -2.70. The van der Waals surface area contributed by atoms with E-state index in [1.165, 1.54) is 57.8 Å². The van der Waals surface area contributed by atoms with E-state index in [1.54, 1.807) is 0 Å². The summed E-state index contributed by atoms with van der Waals surface area (Å²) in [4.78, 5) is 118. The number of carbonyl (C=O) groups excluding carboxylic acids is 6. The first-order valence-corrected chi connectivity index (χ1v) is 44.4. The standard InChI is InChI=1S/C82H154N3O18P/c1-7-13-19-25-31-34-40-43-49-55-67(100-75(90)58-52-46-37-28-22-16-10-4)61-72(87)83-70(81(93)94)65-98-82-79(85-74(89)63-69(57-51-45-42-36-33-27-21-15-9-3)102-77(92)60-54-48-39-30-24-18-12-6)78(80(71(64-86)103-82)99-66-104(95,96)97)84-73(88)62-68(56-50-44-41-35-32-26-20-14-8-2)101-76(91)59-53-47-38-29-23-17-11-5/h67-71,78-80,82,86H,7-66H2,1-6H3,(H,83,87)(H,84,88)(H,85,89)(H,93,94)(H2,95,96,97)/t67-,68-,69-,70+,71?,78-,79?,80-,82-/m1/s1. The van der Waals surface area contributed by atoms with E-state index in [2.05, 4.69) is 57.5 Å². The highest BCUT2D eigenvalue weighted by Gasteiger charge is 2.50. The van der Waals surface area contributed by atoms with Crippen molar-refractivity contribution in [3.63, 3.8) is 0 Å². The average molecular weight is 1500 g/mol. The minimum atomic E-state index is -4.98. The third-order valence-corrected chi connectivity index (χ3v) is 20.5. The zero-order chi connectivity index (χ0) is 76.5. The Kier molecular flexibility index (Phi) is 63.7. The van der Waals surface area contributed by atoms with Crippen molar-refractivity contribution in [1.29, 1.82) is 0 Å². The molecule has 9 atom stereocenters. The van der Waals surface area contributed by atoms with Crippen LogP contribution in [0.3, 0.4) is 0 Å². The molecule has 7 N–H and O–H groups in total. The summed E-state index contributed by atoms with van der Waals surface area (Å²) in [6.07, 6.45) is 40.8. The highest BCUT2D eigenvalue weighted by molar-refractivity contribution is 7.51. The molecule has 0 saturated carbocycles. The highest BCUT2D eigenvalue weighted by atomic mass is 31.2. The summed E-state index contributed by atoms with van der Waals surface area (Å²) in [5.74, 6) is -4.99. The number of aliphatic hydroxyl groups is 1. The Morgan fingerprint density at radius 1 is 0.385 bits per heavy atom. The highest BCUT2D eigenvalue weighted by Crippen LogP contribution is 2.37. The average Bonchev–Trinajstić information content (AvgIpc) is 0.785. The maximum Gasteiger partial charge on any atom is 0.350 e. The number of aliphatic carboxylic acids is 1. The molecule has 0 radical (unpaired) electrons. The monoisotopic (exact) mass is 1500 g/mol. The summed E-state index contributed by atoms with van der Waals surface area (Å²) in [5.41, 5.74) is 0. The molecule has 1 fully saturated rings. The van der Waals surface area contributed by atoms with E-state index in [0.717, 1.165) is 212 Å². The van der Waals surface area contributed by atoms with Crippen molar-refractivity contribution in [3.8, 4) is 0 Å². The van der Waals surface area contributed by atoms with Crippen LogP contribution in [0.5, 0.6) is 0 Å². The second-order valence-electron chi connectivity index (χ2n) is 30.0. The molecule has 104 heavy (non-hydrogen) atoms. The molecular formula is C82H154N3O18P. The van der Waals surface area contributed by atoms with Gasteiger partial charge < -0.3 is 64.4 Å². The van der Waals surface area contributed by atoms with Crippen molar-refractivity contribution in [2.45, 2.75) is 462 Å². The van der Waals surface area contributed by atoms with E-state index >= 15 is 0 Å². The summed E-state index contributed by atoms with van der Waals surface area (Å²) in [6.45, 7) is 11.3. The van der Waals surface area contributed by atoms with E-state index < -0.39 is 124 Å². The van der Waals surface area contributed by atoms with Gasteiger partial charge in [0, 0.05) is 19.3 Å². The van der Waals surface area contributed by atoms with Crippen molar-refractivity contribution >= 4 is 49.2 Å². The van der Waals surface area contributed by atoms with Gasteiger partial charge in [0.2, 0.25) is 17.7 Å². The smallest absolute Gasteiger partial charge is 0.350 e. The van der Waals surface area contributed by atoms with Crippen molar-refractivity contribution in [1.82, 2.24) is 16.0 Å². The first-order chi connectivity index (χ1) is 50.3. The number of hydrogen-bond donors (Lipinski definition) is 7. The number of carboxylic acids is 1. The molecule has 1 aliphatic heterocycles. The summed E-state index contributed by atoms with van der Waals surface area (Å²) < 4.78 is 49.3. The molecule has 0 aromatic carbocycles. The molecule has 610 valence electrons. The molecule has 0 aliphatic carbocycles. The van der Waals surface area contributed by atoms with Crippen LogP contribution in [0.25, 0.3) is 0 Å². The number of carbonyl (C=O) groups is 7. The Labute approximate surface area is 630 Å². The Morgan fingerprint density at radius 3 is 0.952 bits per heavy atom. The van der Waals surface area contributed by atoms with Gasteiger partial charge >= 0.3 is 31.5 Å². The molecule has 3 amide bonds. The van der Waals surface area contributed by atoms with E-state index in [1.807, 2.05) is 0 Å². The summed E-state index contributed by atoms with van der Waals surface area (Å²) in [5, 5.41) is 30.2. The van der Waals surface area contributed by atoms with Crippen molar-refractivity contribution in [3.05, 3.63) is 0 Å². The molecule has 22 heteroatoms. The van der Waals surface area contributed by atoms with Crippen molar-refractivity contribution in [2.75, 3.05) is 19.6 Å². The lowest BCUT2D eigenvalue weighted by molar-refractivity contribution is -0.256. The Bertz CT molecular complexity index is 2190. The number of hydrogen-bond acceptors (Lipinski definition) is 15. The van der Waals surface area contributed by atoms with Crippen LogP contribution < -0.4 is 16.0 Å². The van der Waals surface area contributed by atoms with E-state index in [0.29, 0.717) is 57.8 Å². The predicted octanol–water partition coefficient (Wildman–Crippen LogP) is 18.9. The quantitative estimate of drug-likeness (QED) is 0.0129. The van der Waals surface area contributed by atoms with Crippen LogP contribution in [0, 0.1) is 0 Å². The van der Waals surface area contributed by atoms with Gasteiger partial charge in [-0.1, -0.05) is 311 Å². The van der Waals surface area contributed by atoms with Crippen LogP contribution in [0.4, 0.5) is 0 Å². The molecule has 0 spiro atoms. The van der Waals surface area contributed by atoms with Gasteiger partial charge in [-0.25, -0.2) is 4.79 Å². The largest absolute Gasteiger partial charge is 0.480 e. The van der Waals surface area contributed by atoms with Crippen LogP contribution in [-0.4, -0.2) is 136 Å². The second kappa shape index (κ2) is 67.4. The van der Waals surface area contributed by atoms with E-state index in [9.17, 15) is 58.1 Å². The molecular weight excluding hydrogens is 1350 g/mol. The lowest BCUT2D eigenvalue weighted by atomic mass is 9.92. The SMILES string of the molecule is CCCCCCCCCCC[C@H](CC(=O)NC1[C@H](OC[C@H](NC(=O)C[C@@H](CCCCCCCCCCC)OC(=O)CCCCCCCCC)C(=O)O)OC(CO)[C@@H](OCP(=O)(O)O)[C@@H]1NC(=O)C[C@@H](CCCCCCCCCCC)OC(=O)CCCCCCCCC)OC(=O)CCCCCCCCC. The fourth-order valence-corrected chi connectivity index (χ4v) is 14.1. The topological polar surface area (TPSA) is 309 Å². The summed E-state index contributed by atoms with van der Waals surface area (Å²) >= 11 is 0. The van der Waals surface area contributed by atoms with E-state index in [-0.39, 0.29) is 38.5 Å². The minimum absolute atomic E-state index is 0.158. The molecule has 1 rings (SSSR count). The van der Waals surface area contributed by atoms with Crippen LogP contribution in [0.2, 0.25) is 0 Å². The van der Waals surface area contributed by atoms with Gasteiger partial charge in [-0.15, -0.1) is 0 Å². The van der Waals surface area contributed by atoms with Gasteiger partial charge in [0.1, 0.15) is 42.9 Å².